The van der Waals surface area contributed by atoms with E-state index in [-0.39, 0.29) is 39.7 Å². The standard InChI is InChI=1S/C17H18N2O6.C2H6/c1-23-13-7-9(17(19)22)5-11(15(13)25-3)10-4-8(16(18)21)6-12(20)14(10)24-2;1-2/h4-7,20H,1-3H3,(H2,18,21)(H2,19,22);1-2H3. The number of primary amides is 2. The molecule has 27 heavy (non-hydrogen) atoms. The van der Waals surface area contributed by atoms with Crippen LogP contribution >= 0.6 is 0 Å². The molecule has 0 unspecified atom stereocenters. The molecule has 0 aromatic heterocycles. The maximum absolute atomic E-state index is 11.6. The van der Waals surface area contributed by atoms with Crippen LogP contribution in [-0.4, -0.2) is 38.3 Å². The Kier molecular flexibility index (Phi) is 7.47. The Morgan fingerprint density at radius 3 is 1.63 bits per heavy atom. The topological polar surface area (TPSA) is 134 Å². The van der Waals surface area contributed by atoms with Crippen molar-refractivity contribution in [2.45, 2.75) is 13.8 Å². The van der Waals surface area contributed by atoms with E-state index in [4.69, 9.17) is 25.7 Å². The zero-order chi connectivity index (χ0) is 20.7. The van der Waals surface area contributed by atoms with Gasteiger partial charge in [0.15, 0.2) is 23.0 Å². The lowest BCUT2D eigenvalue weighted by Gasteiger charge is -2.17. The van der Waals surface area contributed by atoms with Crippen molar-refractivity contribution >= 4 is 11.8 Å². The second kappa shape index (κ2) is 9.33. The van der Waals surface area contributed by atoms with Crippen LogP contribution in [0.5, 0.6) is 23.0 Å². The molecule has 0 aliphatic rings. The number of phenolic OH excluding ortho intramolecular Hbond substituents is 1. The van der Waals surface area contributed by atoms with Crippen LogP contribution in [0.2, 0.25) is 0 Å². The molecule has 0 bridgehead atoms. The van der Waals surface area contributed by atoms with Gasteiger partial charge in [-0.2, -0.15) is 0 Å². The molecule has 0 saturated carbocycles. The van der Waals surface area contributed by atoms with Crippen molar-refractivity contribution in [3.63, 3.8) is 0 Å². The van der Waals surface area contributed by atoms with Gasteiger partial charge in [-0.05, 0) is 24.3 Å². The minimum Gasteiger partial charge on any atom is -0.504 e. The quantitative estimate of drug-likeness (QED) is 0.708. The van der Waals surface area contributed by atoms with E-state index in [1.807, 2.05) is 13.8 Å². The molecule has 0 saturated heterocycles. The average Bonchev–Trinajstić information content (AvgIpc) is 2.67. The summed E-state index contributed by atoms with van der Waals surface area (Å²) < 4.78 is 15.8. The van der Waals surface area contributed by atoms with Crippen LogP contribution < -0.4 is 25.7 Å². The first-order valence-corrected chi connectivity index (χ1v) is 8.11. The van der Waals surface area contributed by atoms with Crippen LogP contribution in [0.25, 0.3) is 11.1 Å². The number of hydrogen-bond acceptors (Lipinski definition) is 6. The lowest BCUT2D eigenvalue weighted by Crippen LogP contribution is -2.12. The Labute approximate surface area is 157 Å². The molecular formula is C19H24N2O6. The molecule has 8 heteroatoms. The summed E-state index contributed by atoms with van der Waals surface area (Å²) in [6.45, 7) is 4.00. The van der Waals surface area contributed by atoms with Crippen molar-refractivity contribution < 1.29 is 28.9 Å². The summed E-state index contributed by atoms with van der Waals surface area (Å²) in [5, 5.41) is 10.2. The maximum atomic E-state index is 11.6. The van der Waals surface area contributed by atoms with Gasteiger partial charge in [-0.15, -0.1) is 0 Å². The lowest BCUT2D eigenvalue weighted by atomic mass is 9.97. The van der Waals surface area contributed by atoms with Gasteiger partial charge in [-0.25, -0.2) is 0 Å². The summed E-state index contributed by atoms with van der Waals surface area (Å²) in [6, 6.07) is 5.48. The highest BCUT2D eigenvalue weighted by atomic mass is 16.5. The first kappa shape index (κ1) is 21.6. The number of methoxy groups -OCH3 is 3. The molecule has 0 heterocycles. The summed E-state index contributed by atoms with van der Waals surface area (Å²) in [7, 11) is 4.17. The van der Waals surface area contributed by atoms with Crippen molar-refractivity contribution in [2.24, 2.45) is 11.5 Å². The highest BCUT2D eigenvalue weighted by Gasteiger charge is 2.22. The first-order chi connectivity index (χ1) is 12.8. The number of benzene rings is 2. The van der Waals surface area contributed by atoms with E-state index in [0.29, 0.717) is 5.56 Å². The predicted molar refractivity (Wildman–Crippen MR) is 102 cm³/mol. The molecule has 5 N–H and O–H groups in total. The fourth-order valence-electron chi connectivity index (χ4n) is 2.48. The molecule has 0 atom stereocenters. The van der Waals surface area contributed by atoms with Crippen LogP contribution in [-0.2, 0) is 0 Å². The first-order valence-electron chi connectivity index (χ1n) is 8.11. The third-order valence-electron chi connectivity index (χ3n) is 3.61. The third kappa shape index (κ3) is 4.41. The Balaban J connectivity index is 0.00000176. The average molecular weight is 376 g/mol. The molecule has 2 aromatic rings. The van der Waals surface area contributed by atoms with Gasteiger partial charge in [0, 0.05) is 22.3 Å². The number of carbonyl (C=O) groups excluding carboxylic acids is 2. The SMILES string of the molecule is CC.COc1cc(C(N)=O)cc(-c2cc(C(N)=O)cc(O)c2OC)c1OC. The van der Waals surface area contributed by atoms with E-state index in [1.165, 1.54) is 45.6 Å². The number of phenols is 1. The summed E-state index contributed by atoms with van der Waals surface area (Å²) in [4.78, 5) is 23.1. The van der Waals surface area contributed by atoms with Gasteiger partial charge in [-0.1, -0.05) is 13.8 Å². The second-order valence-corrected chi connectivity index (χ2v) is 5.06. The number of carbonyl (C=O) groups is 2. The van der Waals surface area contributed by atoms with Crippen molar-refractivity contribution in [3.8, 4) is 34.1 Å². The molecule has 0 aliphatic carbocycles. The molecule has 0 spiro atoms. The third-order valence-corrected chi connectivity index (χ3v) is 3.61. The van der Waals surface area contributed by atoms with E-state index < -0.39 is 11.8 Å². The minimum absolute atomic E-state index is 0.0544. The van der Waals surface area contributed by atoms with Gasteiger partial charge >= 0.3 is 0 Å². The second-order valence-electron chi connectivity index (χ2n) is 5.06. The van der Waals surface area contributed by atoms with Crippen LogP contribution in [0, 0.1) is 0 Å². The molecule has 146 valence electrons. The summed E-state index contributed by atoms with van der Waals surface area (Å²) in [6.07, 6.45) is 0. The van der Waals surface area contributed by atoms with Gasteiger partial charge in [0.2, 0.25) is 11.8 Å². The Morgan fingerprint density at radius 1 is 0.778 bits per heavy atom. The summed E-state index contributed by atoms with van der Waals surface area (Å²) in [5.41, 5.74) is 11.5. The van der Waals surface area contributed by atoms with Gasteiger partial charge in [0.25, 0.3) is 0 Å². The fraction of sp³-hybridized carbons (Fsp3) is 0.263. The maximum Gasteiger partial charge on any atom is 0.248 e. The smallest absolute Gasteiger partial charge is 0.248 e. The van der Waals surface area contributed by atoms with Crippen LogP contribution in [0.15, 0.2) is 24.3 Å². The van der Waals surface area contributed by atoms with E-state index in [1.54, 1.807) is 0 Å². The van der Waals surface area contributed by atoms with Crippen LogP contribution in [0.1, 0.15) is 34.6 Å². The Bertz CT molecular complexity index is 849. The Morgan fingerprint density at radius 2 is 1.22 bits per heavy atom. The molecule has 0 radical (unpaired) electrons. The largest absolute Gasteiger partial charge is 0.504 e. The number of ether oxygens (including phenoxy) is 3. The van der Waals surface area contributed by atoms with Crippen LogP contribution in [0.4, 0.5) is 0 Å². The Hall–Kier alpha value is -3.42. The number of rotatable bonds is 6. The summed E-state index contributed by atoms with van der Waals surface area (Å²) >= 11 is 0. The molecule has 0 fully saturated rings. The lowest BCUT2D eigenvalue weighted by molar-refractivity contribution is 0.0991. The van der Waals surface area contributed by atoms with Gasteiger partial charge in [-0.3, -0.25) is 9.59 Å². The fourth-order valence-corrected chi connectivity index (χ4v) is 2.48. The monoisotopic (exact) mass is 376 g/mol. The zero-order valence-corrected chi connectivity index (χ0v) is 16.0. The van der Waals surface area contributed by atoms with Gasteiger partial charge in [0.1, 0.15) is 0 Å². The van der Waals surface area contributed by atoms with Gasteiger partial charge in [0.05, 0.1) is 21.3 Å². The number of amides is 2. The highest BCUT2D eigenvalue weighted by Crippen LogP contribution is 2.46. The number of hydrogen-bond donors (Lipinski definition) is 3. The molecule has 2 amide bonds. The van der Waals surface area contributed by atoms with Crippen molar-refractivity contribution in [2.75, 3.05) is 21.3 Å². The molecular weight excluding hydrogens is 352 g/mol. The highest BCUT2D eigenvalue weighted by molar-refractivity contribution is 5.99. The predicted octanol–water partition coefficient (Wildman–Crippen LogP) is 2.31. The van der Waals surface area contributed by atoms with E-state index in [9.17, 15) is 14.7 Å². The molecule has 0 aliphatic heterocycles. The van der Waals surface area contributed by atoms with Crippen molar-refractivity contribution in [3.05, 3.63) is 35.4 Å². The van der Waals surface area contributed by atoms with E-state index in [2.05, 4.69) is 0 Å². The molecule has 2 aromatic carbocycles. The van der Waals surface area contributed by atoms with E-state index in [0.717, 1.165) is 0 Å². The minimum atomic E-state index is -0.740. The number of nitrogens with two attached hydrogens (primary N) is 2. The van der Waals surface area contributed by atoms with Crippen LogP contribution in [0.3, 0.4) is 0 Å². The van der Waals surface area contributed by atoms with Gasteiger partial charge < -0.3 is 30.8 Å². The van der Waals surface area contributed by atoms with E-state index >= 15 is 0 Å². The molecule has 8 nitrogen and oxygen atoms in total. The molecule has 2 rings (SSSR count). The van der Waals surface area contributed by atoms with Crippen molar-refractivity contribution in [1.82, 2.24) is 0 Å². The number of aromatic hydroxyl groups is 1. The normalized spacial score (nSPS) is 9.67. The van der Waals surface area contributed by atoms with Crippen molar-refractivity contribution in [1.29, 1.82) is 0 Å². The summed E-state index contributed by atoms with van der Waals surface area (Å²) in [5.74, 6) is -1.12. The zero-order valence-electron chi connectivity index (χ0n) is 16.0.